The first-order valence-electron chi connectivity index (χ1n) is 7.43. The maximum absolute atomic E-state index is 12.7. The molecule has 1 atom stereocenters. The lowest BCUT2D eigenvalue weighted by Gasteiger charge is -2.33. The number of carbonyl (C=O) groups is 1. The number of nitrogens with one attached hydrogen (secondary N) is 1. The molecule has 0 radical (unpaired) electrons. The maximum Gasteiger partial charge on any atom is 0.276 e. The molecule has 126 valence electrons. The Morgan fingerprint density at radius 1 is 1.24 bits per heavy atom. The van der Waals surface area contributed by atoms with E-state index in [0.717, 1.165) is 20.6 Å². The van der Waals surface area contributed by atoms with Crippen LogP contribution in [0.5, 0.6) is 0 Å². The van der Waals surface area contributed by atoms with Crippen LogP contribution in [-0.2, 0) is 4.79 Å². The summed E-state index contributed by atoms with van der Waals surface area (Å²) in [5, 5.41) is 11.8. The fourth-order valence-corrected chi connectivity index (χ4v) is 3.65. The summed E-state index contributed by atoms with van der Waals surface area (Å²) in [7, 11) is 0. The molecule has 2 aromatic rings. The van der Waals surface area contributed by atoms with Crippen molar-refractivity contribution in [1.29, 1.82) is 0 Å². The molecule has 1 amide bonds. The summed E-state index contributed by atoms with van der Waals surface area (Å²) in [5.41, 5.74) is 1.40. The molecule has 0 bridgehead atoms. The summed E-state index contributed by atoms with van der Waals surface area (Å²) >= 11 is 10.8. The minimum atomic E-state index is -0.422. The number of hydrogen-bond acceptors (Lipinski definition) is 5. The SMILES string of the molecule is CSC1=NN2C(=c3cc(Br)ccc3=NC2c2ccc(Cl)cc2)C(=O)N1. The van der Waals surface area contributed by atoms with Crippen molar-refractivity contribution < 1.29 is 4.79 Å². The van der Waals surface area contributed by atoms with E-state index in [1.54, 1.807) is 5.01 Å². The van der Waals surface area contributed by atoms with Gasteiger partial charge < -0.3 is 0 Å². The molecule has 2 aromatic carbocycles. The Balaban J connectivity index is 1.99. The summed E-state index contributed by atoms with van der Waals surface area (Å²) in [5.74, 6) is -0.187. The monoisotopic (exact) mass is 434 g/mol. The number of nitrogens with zero attached hydrogens (tertiary/aromatic N) is 3. The Morgan fingerprint density at radius 3 is 2.72 bits per heavy atom. The number of thioether (sulfide) groups is 1. The topological polar surface area (TPSA) is 57.1 Å². The largest absolute Gasteiger partial charge is 0.298 e. The number of amidine groups is 1. The molecule has 4 rings (SSSR count). The predicted octanol–water partition coefficient (Wildman–Crippen LogP) is 2.61. The van der Waals surface area contributed by atoms with Crippen LogP contribution in [0.4, 0.5) is 0 Å². The van der Waals surface area contributed by atoms with Gasteiger partial charge in [-0.1, -0.05) is 51.4 Å². The van der Waals surface area contributed by atoms with Crippen molar-refractivity contribution in [2.75, 3.05) is 6.26 Å². The van der Waals surface area contributed by atoms with Crippen molar-refractivity contribution in [2.24, 2.45) is 10.1 Å². The zero-order chi connectivity index (χ0) is 17.6. The van der Waals surface area contributed by atoms with Gasteiger partial charge in [-0.2, -0.15) is 0 Å². The van der Waals surface area contributed by atoms with Gasteiger partial charge in [0.2, 0.25) is 0 Å². The lowest BCUT2D eigenvalue weighted by atomic mass is 10.1. The molecule has 25 heavy (non-hydrogen) atoms. The Labute approximate surface area is 161 Å². The minimum Gasteiger partial charge on any atom is -0.298 e. The standard InChI is InChI=1S/C17H12BrClN4OS/c1-25-17-21-16(24)14-12-8-10(18)4-7-13(12)20-15(23(14)22-17)9-2-5-11(19)6-3-9/h2-8,15H,1H3,(H,21,22,24). The van der Waals surface area contributed by atoms with Gasteiger partial charge in [-0.25, -0.2) is 5.01 Å². The van der Waals surface area contributed by atoms with E-state index in [-0.39, 0.29) is 5.91 Å². The summed E-state index contributed by atoms with van der Waals surface area (Å²) in [4.78, 5) is 17.6. The number of hydrogen-bond donors (Lipinski definition) is 1. The first-order chi connectivity index (χ1) is 12.1. The van der Waals surface area contributed by atoms with E-state index in [2.05, 4.69) is 26.3 Å². The number of hydrazone groups is 1. The summed E-state index contributed by atoms with van der Waals surface area (Å²) in [6, 6.07) is 13.1. The van der Waals surface area contributed by atoms with Crippen molar-refractivity contribution in [2.45, 2.75) is 6.17 Å². The maximum atomic E-state index is 12.7. The number of fused-ring (bicyclic) bond motifs is 2. The van der Waals surface area contributed by atoms with E-state index in [1.165, 1.54) is 11.8 Å². The van der Waals surface area contributed by atoms with Crippen LogP contribution in [0.25, 0.3) is 5.70 Å². The highest BCUT2D eigenvalue weighted by Gasteiger charge is 2.34. The van der Waals surface area contributed by atoms with Crippen LogP contribution in [0.2, 0.25) is 5.02 Å². The number of rotatable bonds is 1. The average Bonchev–Trinajstić information content (AvgIpc) is 2.61. The van der Waals surface area contributed by atoms with E-state index in [9.17, 15) is 4.79 Å². The molecule has 2 heterocycles. The van der Waals surface area contributed by atoms with Gasteiger partial charge in [0.15, 0.2) is 11.3 Å². The second-order valence-corrected chi connectivity index (χ2v) is 7.62. The lowest BCUT2D eigenvalue weighted by Crippen LogP contribution is -2.50. The van der Waals surface area contributed by atoms with Gasteiger partial charge in [0.25, 0.3) is 5.91 Å². The van der Waals surface area contributed by atoms with Crippen molar-refractivity contribution in [1.82, 2.24) is 10.3 Å². The third-order valence-electron chi connectivity index (χ3n) is 3.93. The van der Waals surface area contributed by atoms with Crippen LogP contribution in [0.1, 0.15) is 11.7 Å². The second kappa shape index (κ2) is 6.48. The van der Waals surface area contributed by atoms with Crippen molar-refractivity contribution in [3.63, 3.8) is 0 Å². The van der Waals surface area contributed by atoms with Gasteiger partial charge in [0.05, 0.1) is 5.36 Å². The highest BCUT2D eigenvalue weighted by Crippen LogP contribution is 2.31. The molecule has 1 unspecified atom stereocenters. The predicted molar refractivity (Wildman–Crippen MR) is 103 cm³/mol. The van der Waals surface area contributed by atoms with Crippen LogP contribution < -0.4 is 15.9 Å². The Bertz CT molecular complexity index is 1020. The van der Waals surface area contributed by atoms with Crippen LogP contribution >= 0.6 is 39.3 Å². The van der Waals surface area contributed by atoms with E-state index < -0.39 is 6.17 Å². The number of carbonyl (C=O) groups excluding carboxylic acids is 1. The third kappa shape index (κ3) is 2.96. The summed E-state index contributed by atoms with van der Waals surface area (Å²) in [6.45, 7) is 0. The quantitative estimate of drug-likeness (QED) is 0.749. The molecule has 0 saturated carbocycles. The normalized spacial score (nSPS) is 18.8. The van der Waals surface area contributed by atoms with E-state index in [1.807, 2.05) is 48.7 Å². The van der Waals surface area contributed by atoms with Gasteiger partial charge in [0, 0.05) is 14.7 Å². The van der Waals surface area contributed by atoms with Crippen molar-refractivity contribution in [3.05, 3.63) is 68.1 Å². The molecular weight excluding hydrogens is 424 g/mol. The van der Waals surface area contributed by atoms with Crippen LogP contribution in [0, 0.1) is 0 Å². The molecule has 8 heteroatoms. The fraction of sp³-hybridized carbons (Fsp3) is 0.118. The van der Waals surface area contributed by atoms with Crippen molar-refractivity contribution in [3.8, 4) is 0 Å². The van der Waals surface area contributed by atoms with Gasteiger partial charge in [-0.05, 0) is 42.2 Å². The Kier molecular flexibility index (Phi) is 4.31. The Hall–Kier alpha value is -1.83. The number of halogens is 2. The molecule has 2 aliphatic heterocycles. The first kappa shape index (κ1) is 16.6. The van der Waals surface area contributed by atoms with Crippen molar-refractivity contribution >= 4 is 56.1 Å². The van der Waals surface area contributed by atoms with E-state index in [0.29, 0.717) is 15.9 Å². The van der Waals surface area contributed by atoms with Gasteiger partial charge >= 0.3 is 0 Å². The minimum absolute atomic E-state index is 0.187. The fourth-order valence-electron chi connectivity index (χ4n) is 2.80. The summed E-state index contributed by atoms with van der Waals surface area (Å²) < 4.78 is 0.881. The summed E-state index contributed by atoms with van der Waals surface area (Å²) in [6.07, 6.45) is 1.45. The van der Waals surface area contributed by atoms with Gasteiger partial charge in [-0.15, -0.1) is 5.10 Å². The molecule has 0 saturated heterocycles. The van der Waals surface area contributed by atoms with Crippen LogP contribution in [-0.4, -0.2) is 22.3 Å². The smallest absolute Gasteiger partial charge is 0.276 e. The van der Waals surface area contributed by atoms with Gasteiger partial charge in [0.1, 0.15) is 5.70 Å². The molecule has 0 aliphatic carbocycles. The zero-order valence-electron chi connectivity index (χ0n) is 13.0. The van der Waals surface area contributed by atoms with Crippen LogP contribution in [0.3, 0.4) is 0 Å². The highest BCUT2D eigenvalue weighted by atomic mass is 79.9. The molecule has 0 aromatic heterocycles. The van der Waals surface area contributed by atoms with E-state index in [4.69, 9.17) is 16.6 Å². The number of amides is 1. The molecule has 0 spiro atoms. The van der Waals surface area contributed by atoms with Crippen LogP contribution in [0.15, 0.2) is 57.0 Å². The Morgan fingerprint density at radius 2 is 2.00 bits per heavy atom. The first-order valence-corrected chi connectivity index (χ1v) is 9.83. The zero-order valence-corrected chi connectivity index (χ0v) is 16.2. The average molecular weight is 436 g/mol. The molecule has 5 nitrogen and oxygen atoms in total. The molecular formula is C17H12BrClN4OS. The number of benzene rings is 2. The third-order valence-corrected chi connectivity index (χ3v) is 5.25. The lowest BCUT2D eigenvalue weighted by molar-refractivity contribution is -0.116. The molecule has 0 fully saturated rings. The van der Waals surface area contributed by atoms with E-state index >= 15 is 0 Å². The molecule has 1 N–H and O–H groups in total. The highest BCUT2D eigenvalue weighted by molar-refractivity contribution is 9.10. The van der Waals surface area contributed by atoms with Gasteiger partial charge in [-0.3, -0.25) is 15.1 Å². The molecule has 2 aliphatic rings. The second-order valence-electron chi connectivity index (χ2n) is 5.47.